The van der Waals surface area contributed by atoms with Crippen LogP contribution in [0.1, 0.15) is 96.8 Å². The number of ether oxygens (including phenoxy) is 8. The molecule has 49 heavy (non-hydrogen) atoms. The summed E-state index contributed by atoms with van der Waals surface area (Å²) in [5.41, 5.74) is 0. The molecule has 0 aromatic rings. The summed E-state index contributed by atoms with van der Waals surface area (Å²) in [7, 11) is 0. The van der Waals surface area contributed by atoms with Crippen molar-refractivity contribution >= 4 is 30.0 Å². The van der Waals surface area contributed by atoms with Crippen molar-refractivity contribution in [3.8, 4) is 0 Å². The van der Waals surface area contributed by atoms with Gasteiger partial charge in [-0.2, -0.15) is 0 Å². The highest BCUT2D eigenvalue weighted by molar-refractivity contribution is 5.81. The fraction of sp³-hybridized carbons (Fsp3) is 0.806. The zero-order valence-electron chi connectivity index (χ0n) is 28.6. The first-order chi connectivity index (χ1) is 23.7. The Morgan fingerprint density at radius 1 is 0.592 bits per heavy atom. The maximum absolute atomic E-state index is 13.1. The highest BCUT2D eigenvalue weighted by Crippen LogP contribution is 2.36. The third-order valence-electron chi connectivity index (χ3n) is 10.6. The van der Waals surface area contributed by atoms with E-state index in [4.69, 9.17) is 37.9 Å². The van der Waals surface area contributed by atoms with E-state index in [1.165, 1.54) is 0 Å². The maximum atomic E-state index is 13.1. The largest absolute Gasteiger partial charge is 0.508 e. The Hall–Kier alpha value is -3.19. The van der Waals surface area contributed by atoms with Gasteiger partial charge in [-0.05, 0) is 95.8 Å². The molecule has 5 rings (SSSR count). The normalized spacial score (nSPS) is 34.1. The third-order valence-corrected chi connectivity index (χ3v) is 10.6. The van der Waals surface area contributed by atoms with Crippen LogP contribution in [-0.4, -0.2) is 93.1 Å². The van der Waals surface area contributed by atoms with Crippen molar-refractivity contribution < 1.29 is 61.9 Å². The lowest BCUT2D eigenvalue weighted by molar-refractivity contribution is -0.163. The second-order valence-electron chi connectivity index (χ2n) is 14.2. The van der Waals surface area contributed by atoms with E-state index >= 15 is 0 Å². The van der Waals surface area contributed by atoms with Gasteiger partial charge in [0.25, 0.3) is 0 Å². The van der Waals surface area contributed by atoms with Gasteiger partial charge in [-0.3, -0.25) is 14.4 Å². The summed E-state index contributed by atoms with van der Waals surface area (Å²) < 4.78 is 44.6. The van der Waals surface area contributed by atoms with Crippen LogP contribution in [-0.2, 0) is 57.1 Å². The average Bonchev–Trinajstić information content (AvgIpc) is 3.69. The van der Waals surface area contributed by atoms with Gasteiger partial charge >= 0.3 is 30.0 Å². The molecule has 5 aliphatic rings. The van der Waals surface area contributed by atoms with E-state index in [9.17, 15) is 24.0 Å². The number of unbranched alkanes of at least 4 members (excludes halogenated alkanes) is 1. The second-order valence-corrected chi connectivity index (χ2v) is 14.2. The molecular formula is C36H52O13. The van der Waals surface area contributed by atoms with Crippen LogP contribution >= 0.6 is 0 Å². The van der Waals surface area contributed by atoms with Crippen molar-refractivity contribution in [1.82, 2.24) is 0 Å². The molecule has 5 fully saturated rings. The van der Waals surface area contributed by atoms with Crippen LogP contribution in [0.2, 0.25) is 0 Å². The first-order valence-electron chi connectivity index (χ1n) is 18.2. The fourth-order valence-electron chi connectivity index (χ4n) is 7.47. The molecule has 0 aromatic carbocycles. The van der Waals surface area contributed by atoms with Crippen molar-refractivity contribution in [1.29, 1.82) is 0 Å². The van der Waals surface area contributed by atoms with Gasteiger partial charge in [0.05, 0.1) is 44.2 Å². The molecule has 13 nitrogen and oxygen atoms in total. The molecule has 274 valence electrons. The minimum atomic E-state index is -0.741. The molecule has 0 spiro atoms. The number of carbonyl (C=O) groups is 5. The lowest BCUT2D eigenvalue weighted by Gasteiger charge is -2.31. The lowest BCUT2D eigenvalue weighted by Crippen LogP contribution is -2.38. The van der Waals surface area contributed by atoms with Crippen molar-refractivity contribution in [2.45, 2.75) is 133 Å². The molecule has 4 atom stereocenters. The number of fused-ring (bicyclic) bond motifs is 1. The summed E-state index contributed by atoms with van der Waals surface area (Å²) in [6.45, 7) is 6.36. The van der Waals surface area contributed by atoms with Crippen molar-refractivity contribution in [3.63, 3.8) is 0 Å². The summed E-state index contributed by atoms with van der Waals surface area (Å²) in [5, 5.41) is 0. The molecule has 2 saturated heterocycles. The molecule has 0 radical (unpaired) electrons. The standard InChI is InChI=1S/C36H52O13/c1-3-30(37)42-18-4-5-19-43-36(41)47-27-16-12-24(13-17-27)33(38)46-26-14-10-25(11-15-26)35(40)49-29-21-45-31-28(20-44-32(29)31)48-34(39)23-8-6-22(2)7-9-23/h3,22-29,31-32H,1,4-21H2,2H3/t22?,23?,24?,25?,26?,27?,28-,29-,31-,32-/m1/s1. The molecule has 0 amide bonds. The SMILES string of the molecule is C=CC(=O)OCCCCOC(=O)OC1CCC(C(=O)OC2CCC(C(=O)O[C@@H]3CO[C@H]4[C@@H]3OC[C@H]4OC(=O)C3CCC(C)CC3)CC2)CC1. The zero-order valence-corrected chi connectivity index (χ0v) is 28.6. The topological polar surface area (TPSA) is 159 Å². The molecule has 0 aromatic heterocycles. The predicted octanol–water partition coefficient (Wildman–Crippen LogP) is 4.76. The Morgan fingerprint density at radius 2 is 1.02 bits per heavy atom. The minimum Gasteiger partial charge on any atom is -0.463 e. The van der Waals surface area contributed by atoms with E-state index in [0.29, 0.717) is 70.1 Å². The number of carbonyl (C=O) groups excluding carboxylic acids is 5. The van der Waals surface area contributed by atoms with Crippen molar-refractivity contribution in [2.24, 2.45) is 23.7 Å². The van der Waals surface area contributed by atoms with E-state index in [1.807, 2.05) is 0 Å². The molecule has 2 heterocycles. The highest BCUT2D eigenvalue weighted by atomic mass is 16.7. The van der Waals surface area contributed by atoms with E-state index < -0.39 is 36.5 Å². The Bertz CT molecular complexity index is 1150. The lowest BCUT2D eigenvalue weighted by atomic mass is 9.83. The van der Waals surface area contributed by atoms with Gasteiger partial charge in [-0.25, -0.2) is 9.59 Å². The summed E-state index contributed by atoms with van der Waals surface area (Å²) >= 11 is 0. The number of hydrogen-bond acceptors (Lipinski definition) is 13. The Labute approximate surface area is 288 Å². The van der Waals surface area contributed by atoms with Gasteiger partial charge in [-0.15, -0.1) is 0 Å². The maximum Gasteiger partial charge on any atom is 0.508 e. The van der Waals surface area contributed by atoms with Crippen LogP contribution in [0.3, 0.4) is 0 Å². The van der Waals surface area contributed by atoms with Crippen LogP contribution < -0.4 is 0 Å². The summed E-state index contributed by atoms with van der Waals surface area (Å²) in [6, 6.07) is 0. The molecule has 3 aliphatic carbocycles. The number of hydrogen-bond donors (Lipinski definition) is 0. The monoisotopic (exact) mass is 692 g/mol. The third kappa shape index (κ3) is 10.7. The first kappa shape index (κ1) is 37.1. The van der Waals surface area contributed by atoms with Gasteiger partial charge in [0, 0.05) is 6.08 Å². The highest BCUT2D eigenvalue weighted by Gasteiger charge is 2.52. The molecule has 2 aliphatic heterocycles. The van der Waals surface area contributed by atoms with Crippen LogP contribution in [0.25, 0.3) is 0 Å². The van der Waals surface area contributed by atoms with Crippen LogP contribution in [0.5, 0.6) is 0 Å². The van der Waals surface area contributed by atoms with Crippen molar-refractivity contribution in [3.05, 3.63) is 12.7 Å². The number of esters is 4. The first-order valence-corrected chi connectivity index (χ1v) is 18.2. The number of rotatable bonds is 13. The van der Waals surface area contributed by atoms with E-state index in [1.54, 1.807) is 0 Å². The van der Waals surface area contributed by atoms with Gasteiger partial charge in [0.15, 0.2) is 12.2 Å². The van der Waals surface area contributed by atoms with Crippen LogP contribution in [0, 0.1) is 23.7 Å². The van der Waals surface area contributed by atoms with E-state index in [2.05, 4.69) is 13.5 Å². The molecule has 0 N–H and O–H groups in total. The van der Waals surface area contributed by atoms with Gasteiger partial charge < -0.3 is 37.9 Å². The Balaban J connectivity index is 0.926. The molecule has 3 saturated carbocycles. The molecular weight excluding hydrogens is 640 g/mol. The van der Waals surface area contributed by atoms with Gasteiger partial charge in [0.2, 0.25) is 0 Å². The molecule has 13 heteroatoms. The van der Waals surface area contributed by atoms with E-state index in [-0.39, 0.29) is 74.3 Å². The minimum absolute atomic E-state index is 0.0707. The molecule has 0 bridgehead atoms. The Morgan fingerprint density at radius 3 is 1.51 bits per heavy atom. The zero-order chi connectivity index (χ0) is 34.8. The fourth-order valence-corrected chi connectivity index (χ4v) is 7.47. The van der Waals surface area contributed by atoms with Gasteiger partial charge in [0.1, 0.15) is 24.4 Å². The van der Waals surface area contributed by atoms with E-state index in [0.717, 1.165) is 31.8 Å². The summed E-state index contributed by atoms with van der Waals surface area (Å²) in [6.07, 6.45) is 7.20. The van der Waals surface area contributed by atoms with Crippen LogP contribution in [0.15, 0.2) is 12.7 Å². The quantitative estimate of drug-likeness (QED) is 0.113. The Kier molecular flexibility index (Phi) is 13.7. The molecule has 0 unspecified atom stereocenters. The summed E-state index contributed by atoms with van der Waals surface area (Å²) in [4.78, 5) is 61.7. The smallest absolute Gasteiger partial charge is 0.463 e. The summed E-state index contributed by atoms with van der Waals surface area (Å²) in [5.74, 6) is -1.19. The van der Waals surface area contributed by atoms with Gasteiger partial charge in [-0.1, -0.05) is 13.5 Å². The predicted molar refractivity (Wildman–Crippen MR) is 171 cm³/mol. The second kappa shape index (κ2) is 18.2. The van der Waals surface area contributed by atoms with Crippen molar-refractivity contribution in [2.75, 3.05) is 26.4 Å². The average molecular weight is 693 g/mol. The van der Waals surface area contributed by atoms with Crippen LogP contribution in [0.4, 0.5) is 4.79 Å².